The monoisotopic (exact) mass is 286 g/mol. The van der Waals surface area contributed by atoms with E-state index in [1.807, 2.05) is 12.1 Å². The number of rotatable bonds is 5. The predicted octanol–water partition coefficient (Wildman–Crippen LogP) is 2.24. The molecule has 0 fully saturated rings. The lowest BCUT2D eigenvalue weighted by Gasteiger charge is -2.01. The summed E-state index contributed by atoms with van der Waals surface area (Å²) in [4.78, 5) is 15.4. The molecule has 0 radical (unpaired) electrons. The van der Waals surface area contributed by atoms with Crippen molar-refractivity contribution >= 4 is 33.6 Å². The molecule has 1 N–H and O–H groups in total. The molecule has 0 aliphatic rings. The van der Waals surface area contributed by atoms with Crippen molar-refractivity contribution in [2.75, 3.05) is 12.3 Å². The van der Waals surface area contributed by atoms with Gasteiger partial charge in [0, 0.05) is 17.2 Å². The first kappa shape index (κ1) is 12.3. The zero-order valence-electron chi connectivity index (χ0n) is 8.07. The van der Waals surface area contributed by atoms with Crippen LogP contribution in [0.2, 0.25) is 0 Å². The first-order valence-electron chi connectivity index (χ1n) is 4.34. The van der Waals surface area contributed by atoms with Crippen LogP contribution in [-0.2, 0) is 4.79 Å². The normalized spacial score (nSPS) is 9.67. The van der Waals surface area contributed by atoms with Gasteiger partial charge in [0.2, 0.25) is 5.91 Å². The summed E-state index contributed by atoms with van der Waals surface area (Å²) in [6.07, 6.45) is 3.37. The molecule has 0 aromatic carbocycles. The number of carbonyl (C=O) groups is 1. The second kappa shape index (κ2) is 6.63. The quantitative estimate of drug-likeness (QED) is 0.667. The van der Waals surface area contributed by atoms with E-state index >= 15 is 0 Å². The molecule has 0 saturated heterocycles. The Morgan fingerprint density at radius 2 is 2.47 bits per heavy atom. The van der Waals surface area contributed by atoms with Gasteiger partial charge in [-0.15, -0.1) is 6.58 Å². The highest BCUT2D eigenvalue weighted by atomic mass is 79.9. The van der Waals surface area contributed by atoms with Crippen LogP contribution in [0.4, 0.5) is 0 Å². The van der Waals surface area contributed by atoms with Gasteiger partial charge < -0.3 is 5.32 Å². The summed E-state index contributed by atoms with van der Waals surface area (Å²) in [6, 6.07) is 3.77. The molecule has 3 nitrogen and oxygen atoms in total. The molecular weight excluding hydrogens is 276 g/mol. The number of thioether (sulfide) groups is 1. The van der Waals surface area contributed by atoms with Crippen molar-refractivity contribution in [1.82, 2.24) is 10.3 Å². The van der Waals surface area contributed by atoms with Crippen molar-refractivity contribution in [1.29, 1.82) is 0 Å². The van der Waals surface area contributed by atoms with Gasteiger partial charge in [0.25, 0.3) is 0 Å². The van der Waals surface area contributed by atoms with Crippen LogP contribution >= 0.6 is 27.7 Å². The molecule has 1 heterocycles. The summed E-state index contributed by atoms with van der Waals surface area (Å²) < 4.78 is 0.933. The van der Waals surface area contributed by atoms with Gasteiger partial charge in [-0.05, 0) is 28.1 Å². The third-order valence-corrected chi connectivity index (χ3v) is 2.91. The Hall–Kier alpha value is -0.810. The summed E-state index contributed by atoms with van der Waals surface area (Å²) in [5.41, 5.74) is 0. The van der Waals surface area contributed by atoms with E-state index in [0.717, 1.165) is 9.50 Å². The maximum Gasteiger partial charge on any atom is 0.230 e. The smallest absolute Gasteiger partial charge is 0.230 e. The van der Waals surface area contributed by atoms with E-state index in [9.17, 15) is 4.79 Å². The Morgan fingerprint density at radius 1 is 1.67 bits per heavy atom. The fourth-order valence-corrected chi connectivity index (χ4v) is 1.73. The molecule has 1 aromatic heterocycles. The molecule has 80 valence electrons. The zero-order valence-corrected chi connectivity index (χ0v) is 10.5. The fourth-order valence-electron chi connectivity index (χ4n) is 0.824. The lowest BCUT2D eigenvalue weighted by atomic mass is 10.5. The largest absolute Gasteiger partial charge is 0.352 e. The summed E-state index contributed by atoms with van der Waals surface area (Å²) in [5, 5.41) is 3.54. The Morgan fingerprint density at radius 3 is 3.07 bits per heavy atom. The zero-order chi connectivity index (χ0) is 11.1. The molecule has 1 amide bonds. The average Bonchev–Trinajstić information content (AvgIpc) is 2.25. The number of nitrogens with zero attached hydrogens (tertiary/aromatic N) is 1. The second-order valence-corrected chi connectivity index (χ2v) is 4.61. The van der Waals surface area contributed by atoms with Gasteiger partial charge in [-0.1, -0.05) is 17.8 Å². The molecule has 0 bridgehead atoms. The van der Waals surface area contributed by atoms with Gasteiger partial charge in [0.05, 0.1) is 10.8 Å². The van der Waals surface area contributed by atoms with Crippen molar-refractivity contribution in [3.63, 3.8) is 0 Å². The van der Waals surface area contributed by atoms with Crippen molar-refractivity contribution < 1.29 is 4.79 Å². The maximum absolute atomic E-state index is 11.2. The third-order valence-electron chi connectivity index (χ3n) is 1.49. The SMILES string of the molecule is C=CCNC(=O)CSc1ccc(Br)cn1. The minimum absolute atomic E-state index is 0.00961. The highest BCUT2D eigenvalue weighted by molar-refractivity contribution is 9.10. The van der Waals surface area contributed by atoms with E-state index in [1.54, 1.807) is 12.3 Å². The molecule has 0 aliphatic carbocycles. The van der Waals surface area contributed by atoms with E-state index < -0.39 is 0 Å². The van der Waals surface area contributed by atoms with Gasteiger partial charge in [-0.25, -0.2) is 4.98 Å². The van der Waals surface area contributed by atoms with Crippen LogP contribution < -0.4 is 5.32 Å². The summed E-state index contributed by atoms with van der Waals surface area (Å²) >= 11 is 4.71. The first-order valence-corrected chi connectivity index (χ1v) is 6.12. The Bertz CT molecular complexity index is 340. The van der Waals surface area contributed by atoms with Gasteiger partial charge in [-0.3, -0.25) is 4.79 Å². The molecule has 0 spiro atoms. The van der Waals surface area contributed by atoms with Crippen LogP contribution in [0.25, 0.3) is 0 Å². The number of carbonyl (C=O) groups excluding carboxylic acids is 1. The molecule has 1 aromatic rings. The van der Waals surface area contributed by atoms with Gasteiger partial charge >= 0.3 is 0 Å². The van der Waals surface area contributed by atoms with E-state index in [4.69, 9.17) is 0 Å². The molecule has 1 rings (SSSR count). The lowest BCUT2D eigenvalue weighted by Crippen LogP contribution is -2.24. The van der Waals surface area contributed by atoms with Crippen LogP contribution in [0.3, 0.4) is 0 Å². The van der Waals surface area contributed by atoms with Crippen molar-refractivity contribution in [3.05, 3.63) is 35.5 Å². The highest BCUT2D eigenvalue weighted by Gasteiger charge is 2.01. The Balaban J connectivity index is 2.33. The van der Waals surface area contributed by atoms with E-state index in [0.29, 0.717) is 12.3 Å². The molecule has 0 saturated carbocycles. The van der Waals surface area contributed by atoms with Crippen LogP contribution in [-0.4, -0.2) is 23.2 Å². The first-order chi connectivity index (χ1) is 7.22. The highest BCUT2D eigenvalue weighted by Crippen LogP contribution is 2.16. The van der Waals surface area contributed by atoms with E-state index in [-0.39, 0.29) is 5.91 Å². The average molecular weight is 287 g/mol. The number of nitrogens with one attached hydrogen (secondary N) is 1. The molecular formula is C10H11BrN2OS. The van der Waals surface area contributed by atoms with Crippen LogP contribution in [0.5, 0.6) is 0 Å². The topological polar surface area (TPSA) is 42.0 Å². The Labute approximate surface area is 101 Å². The van der Waals surface area contributed by atoms with Crippen molar-refractivity contribution in [2.24, 2.45) is 0 Å². The Kier molecular flexibility index (Phi) is 5.42. The number of aromatic nitrogens is 1. The van der Waals surface area contributed by atoms with Crippen LogP contribution in [0.1, 0.15) is 0 Å². The second-order valence-electron chi connectivity index (χ2n) is 2.70. The molecule has 0 atom stereocenters. The van der Waals surface area contributed by atoms with Crippen LogP contribution in [0.15, 0.2) is 40.5 Å². The maximum atomic E-state index is 11.2. The standard InChI is InChI=1S/C10H11BrN2OS/c1-2-5-12-9(14)7-15-10-4-3-8(11)6-13-10/h2-4,6H,1,5,7H2,(H,12,14). The van der Waals surface area contributed by atoms with Gasteiger partial charge in [0.15, 0.2) is 0 Å². The third kappa shape index (κ3) is 4.99. The summed E-state index contributed by atoms with van der Waals surface area (Å²) in [5.74, 6) is 0.368. The number of halogens is 1. The van der Waals surface area contributed by atoms with Crippen molar-refractivity contribution in [3.8, 4) is 0 Å². The number of amides is 1. The molecule has 0 unspecified atom stereocenters. The minimum Gasteiger partial charge on any atom is -0.352 e. The number of hydrogen-bond donors (Lipinski definition) is 1. The summed E-state index contributed by atoms with van der Waals surface area (Å²) in [7, 11) is 0. The fraction of sp³-hybridized carbons (Fsp3) is 0.200. The van der Waals surface area contributed by atoms with E-state index in [2.05, 4.69) is 32.8 Å². The molecule has 0 aliphatic heterocycles. The molecule has 5 heteroatoms. The van der Waals surface area contributed by atoms with E-state index in [1.165, 1.54) is 11.8 Å². The predicted molar refractivity (Wildman–Crippen MR) is 65.9 cm³/mol. The van der Waals surface area contributed by atoms with Gasteiger partial charge in [0.1, 0.15) is 0 Å². The van der Waals surface area contributed by atoms with Gasteiger partial charge in [-0.2, -0.15) is 0 Å². The van der Waals surface area contributed by atoms with Crippen LogP contribution in [0, 0.1) is 0 Å². The summed E-state index contributed by atoms with van der Waals surface area (Å²) in [6.45, 7) is 4.03. The minimum atomic E-state index is -0.00961. The number of hydrogen-bond acceptors (Lipinski definition) is 3. The number of pyridine rings is 1. The molecule has 15 heavy (non-hydrogen) atoms. The van der Waals surface area contributed by atoms with Crippen molar-refractivity contribution in [2.45, 2.75) is 5.03 Å². The lowest BCUT2D eigenvalue weighted by molar-refractivity contribution is -0.118.